The van der Waals surface area contributed by atoms with Gasteiger partial charge in [0.1, 0.15) is 5.69 Å². The first-order valence-corrected chi connectivity index (χ1v) is 8.18. The number of fused-ring (bicyclic) bond motifs is 2. The zero-order valence-corrected chi connectivity index (χ0v) is 13.9. The van der Waals surface area contributed by atoms with Crippen LogP contribution in [0.2, 0.25) is 5.02 Å². The maximum absolute atomic E-state index is 12.6. The van der Waals surface area contributed by atoms with Crippen LogP contribution in [0, 0.1) is 0 Å². The topological polar surface area (TPSA) is 62.8 Å². The lowest BCUT2D eigenvalue weighted by Crippen LogP contribution is -2.19. The van der Waals surface area contributed by atoms with Gasteiger partial charge in [-0.3, -0.25) is 9.59 Å². The van der Waals surface area contributed by atoms with Crippen LogP contribution in [0.3, 0.4) is 0 Å². The lowest BCUT2D eigenvalue weighted by Gasteiger charge is -2.05. The molecule has 0 atom stereocenters. The average Bonchev–Trinajstić information content (AvgIpc) is 2.62. The average molecular weight is 349 g/mol. The standard InChI is InChI=1S/C20H13ClN2O2/c21-15-7-8-16-17(10-15)23-20(25)18(22-16)11-19(24)14-6-5-12-3-1-2-4-13(12)9-14/h1-10H,11H2,(H,23,25). The number of nitrogens with one attached hydrogen (secondary N) is 1. The highest BCUT2D eigenvalue weighted by Crippen LogP contribution is 2.18. The molecular weight excluding hydrogens is 336 g/mol. The highest BCUT2D eigenvalue weighted by atomic mass is 35.5. The summed E-state index contributed by atoms with van der Waals surface area (Å²) in [7, 11) is 0. The van der Waals surface area contributed by atoms with Gasteiger partial charge >= 0.3 is 0 Å². The van der Waals surface area contributed by atoms with Gasteiger partial charge in [0, 0.05) is 10.6 Å². The van der Waals surface area contributed by atoms with Crippen molar-refractivity contribution < 1.29 is 4.79 Å². The van der Waals surface area contributed by atoms with E-state index < -0.39 is 0 Å². The smallest absolute Gasteiger partial charge is 0.270 e. The lowest BCUT2D eigenvalue weighted by atomic mass is 10.0. The first-order chi connectivity index (χ1) is 12.1. The van der Waals surface area contributed by atoms with Crippen LogP contribution in [0.1, 0.15) is 16.1 Å². The molecule has 0 amide bonds. The van der Waals surface area contributed by atoms with Gasteiger partial charge in [-0.2, -0.15) is 0 Å². The molecule has 0 unspecified atom stereocenters. The number of Topliss-reactive ketones (excluding diaryl/α,β-unsaturated/α-hetero) is 1. The van der Waals surface area contributed by atoms with Crippen molar-refractivity contribution in [3.8, 4) is 0 Å². The Hall–Kier alpha value is -2.98. The molecule has 122 valence electrons. The molecule has 0 bridgehead atoms. The molecule has 3 aromatic carbocycles. The number of H-pyrrole nitrogens is 1. The predicted molar refractivity (Wildman–Crippen MR) is 99.4 cm³/mol. The fourth-order valence-corrected chi connectivity index (χ4v) is 3.01. The number of nitrogens with zero attached hydrogens (tertiary/aromatic N) is 1. The van der Waals surface area contributed by atoms with Crippen molar-refractivity contribution in [3.63, 3.8) is 0 Å². The van der Waals surface area contributed by atoms with Crippen LogP contribution in [0.4, 0.5) is 0 Å². The summed E-state index contributed by atoms with van der Waals surface area (Å²) in [6.07, 6.45) is -0.0494. The fraction of sp³-hybridized carbons (Fsp3) is 0.0500. The summed E-state index contributed by atoms with van der Waals surface area (Å²) in [4.78, 5) is 31.8. The van der Waals surface area contributed by atoms with Crippen molar-refractivity contribution in [2.75, 3.05) is 0 Å². The molecule has 4 aromatic rings. The first kappa shape index (κ1) is 15.5. The Bertz CT molecular complexity index is 1180. The second-order valence-corrected chi connectivity index (χ2v) is 6.27. The number of hydrogen-bond acceptors (Lipinski definition) is 3. The van der Waals surface area contributed by atoms with Crippen molar-refractivity contribution >= 4 is 39.2 Å². The summed E-state index contributed by atoms with van der Waals surface area (Å²) in [6.45, 7) is 0. The first-order valence-electron chi connectivity index (χ1n) is 7.80. The van der Waals surface area contributed by atoms with E-state index in [1.54, 1.807) is 24.3 Å². The lowest BCUT2D eigenvalue weighted by molar-refractivity contribution is 0.0991. The normalized spacial score (nSPS) is 11.1. The minimum atomic E-state index is -0.371. The third-order valence-electron chi connectivity index (χ3n) is 4.12. The van der Waals surface area contributed by atoms with Crippen LogP contribution >= 0.6 is 11.6 Å². The van der Waals surface area contributed by atoms with Crippen molar-refractivity contribution in [1.82, 2.24) is 9.97 Å². The van der Waals surface area contributed by atoms with Crippen LogP contribution in [-0.4, -0.2) is 15.8 Å². The second kappa shape index (κ2) is 6.15. The molecule has 0 aliphatic heterocycles. The van der Waals surface area contributed by atoms with Crippen molar-refractivity contribution in [1.29, 1.82) is 0 Å². The van der Waals surface area contributed by atoms with Crippen molar-refractivity contribution in [3.05, 3.63) is 87.3 Å². The van der Waals surface area contributed by atoms with Gasteiger partial charge in [-0.15, -0.1) is 0 Å². The maximum atomic E-state index is 12.6. The number of halogens is 1. The number of benzene rings is 3. The minimum Gasteiger partial charge on any atom is -0.319 e. The van der Waals surface area contributed by atoms with Crippen molar-refractivity contribution in [2.45, 2.75) is 6.42 Å². The largest absolute Gasteiger partial charge is 0.319 e. The fourth-order valence-electron chi connectivity index (χ4n) is 2.83. The zero-order valence-electron chi connectivity index (χ0n) is 13.1. The molecule has 0 saturated carbocycles. The quantitative estimate of drug-likeness (QED) is 0.565. The third kappa shape index (κ3) is 3.04. The van der Waals surface area contributed by atoms with E-state index in [1.807, 2.05) is 36.4 Å². The molecule has 0 fully saturated rings. The van der Waals surface area contributed by atoms with Gasteiger partial charge in [0.2, 0.25) is 0 Å². The number of hydrogen-bond donors (Lipinski definition) is 1. The Balaban J connectivity index is 1.69. The SMILES string of the molecule is O=C(Cc1nc2ccc(Cl)cc2[nH]c1=O)c1ccc2ccccc2c1. The van der Waals surface area contributed by atoms with Gasteiger partial charge in [0.15, 0.2) is 5.78 Å². The molecule has 0 saturated heterocycles. The van der Waals surface area contributed by atoms with Gasteiger partial charge < -0.3 is 4.98 Å². The Labute approximate surface area is 148 Å². The molecule has 4 rings (SSSR count). The Morgan fingerprint density at radius 2 is 1.80 bits per heavy atom. The molecule has 0 spiro atoms. The predicted octanol–water partition coefficient (Wildman–Crippen LogP) is 4.16. The molecule has 25 heavy (non-hydrogen) atoms. The number of carbonyl (C=O) groups excluding carboxylic acids is 1. The van der Waals surface area contributed by atoms with Crippen LogP contribution in [0.25, 0.3) is 21.8 Å². The molecule has 1 heterocycles. The molecular formula is C20H13ClN2O2. The number of aromatic amines is 1. The van der Waals surface area contributed by atoms with Crippen LogP contribution < -0.4 is 5.56 Å². The molecule has 0 aliphatic rings. The highest BCUT2D eigenvalue weighted by molar-refractivity contribution is 6.31. The number of ketones is 1. The Morgan fingerprint density at radius 1 is 1.00 bits per heavy atom. The van der Waals surface area contributed by atoms with Crippen LogP contribution in [-0.2, 0) is 6.42 Å². The number of aromatic nitrogens is 2. The van der Waals surface area contributed by atoms with Crippen molar-refractivity contribution in [2.24, 2.45) is 0 Å². The van der Waals surface area contributed by atoms with Gasteiger partial charge in [-0.25, -0.2) is 4.98 Å². The van der Waals surface area contributed by atoms with Gasteiger partial charge in [0.25, 0.3) is 5.56 Å². The van der Waals surface area contributed by atoms with E-state index >= 15 is 0 Å². The Morgan fingerprint density at radius 3 is 2.64 bits per heavy atom. The van der Waals surface area contributed by atoms with Gasteiger partial charge in [-0.1, -0.05) is 48.0 Å². The summed E-state index contributed by atoms with van der Waals surface area (Å²) in [5.41, 5.74) is 1.55. The zero-order chi connectivity index (χ0) is 17.4. The minimum absolute atomic E-state index is 0.0494. The summed E-state index contributed by atoms with van der Waals surface area (Å²) in [6, 6.07) is 18.4. The summed E-state index contributed by atoms with van der Waals surface area (Å²) in [5.74, 6) is -0.142. The van der Waals surface area contributed by atoms with E-state index in [1.165, 1.54) is 0 Å². The van der Waals surface area contributed by atoms with E-state index in [-0.39, 0.29) is 23.5 Å². The second-order valence-electron chi connectivity index (χ2n) is 5.84. The Kier molecular flexibility index (Phi) is 3.82. The molecule has 1 aromatic heterocycles. The van der Waals surface area contributed by atoms with E-state index in [0.717, 1.165) is 10.8 Å². The van der Waals surface area contributed by atoms with E-state index in [2.05, 4.69) is 9.97 Å². The number of carbonyl (C=O) groups is 1. The third-order valence-corrected chi connectivity index (χ3v) is 4.36. The number of rotatable bonds is 3. The molecule has 5 heteroatoms. The molecule has 0 aliphatic carbocycles. The van der Waals surface area contributed by atoms with Crippen LogP contribution in [0.15, 0.2) is 65.5 Å². The maximum Gasteiger partial charge on any atom is 0.270 e. The van der Waals surface area contributed by atoms with Gasteiger partial charge in [-0.05, 0) is 35.0 Å². The highest BCUT2D eigenvalue weighted by Gasteiger charge is 2.13. The summed E-state index contributed by atoms with van der Waals surface area (Å²) < 4.78 is 0. The summed E-state index contributed by atoms with van der Waals surface area (Å²) >= 11 is 5.92. The van der Waals surface area contributed by atoms with E-state index in [4.69, 9.17) is 11.6 Å². The van der Waals surface area contributed by atoms with Gasteiger partial charge in [0.05, 0.1) is 17.5 Å². The van der Waals surface area contributed by atoms with E-state index in [0.29, 0.717) is 21.6 Å². The molecule has 1 N–H and O–H groups in total. The van der Waals surface area contributed by atoms with E-state index in [9.17, 15) is 9.59 Å². The van der Waals surface area contributed by atoms with Crippen LogP contribution in [0.5, 0.6) is 0 Å². The molecule has 4 nitrogen and oxygen atoms in total. The monoisotopic (exact) mass is 348 g/mol. The molecule has 0 radical (unpaired) electrons. The summed E-state index contributed by atoms with van der Waals surface area (Å²) in [5, 5.41) is 2.57.